The van der Waals surface area contributed by atoms with Crippen LogP contribution in [0.25, 0.3) is 0 Å². The van der Waals surface area contributed by atoms with Gasteiger partial charge in [0.1, 0.15) is 5.25 Å². The Labute approximate surface area is 109 Å². The van der Waals surface area contributed by atoms with Gasteiger partial charge in [-0.3, -0.25) is 4.90 Å². The van der Waals surface area contributed by atoms with Gasteiger partial charge in [-0.25, -0.2) is 8.42 Å². The van der Waals surface area contributed by atoms with Crippen LogP contribution in [0.15, 0.2) is 0 Å². The molecule has 3 fully saturated rings. The average molecular weight is 274 g/mol. The molecule has 0 unspecified atom stereocenters. The number of rotatable bonds is 2. The van der Waals surface area contributed by atoms with E-state index in [2.05, 4.69) is 4.90 Å². The predicted molar refractivity (Wildman–Crippen MR) is 68.9 cm³/mol. The lowest BCUT2D eigenvalue weighted by molar-refractivity contribution is 0.116. The Morgan fingerprint density at radius 1 is 1.22 bits per heavy atom. The molecule has 0 aliphatic carbocycles. The fourth-order valence-electron chi connectivity index (χ4n) is 3.45. The molecule has 0 bridgehead atoms. The minimum Gasteiger partial charge on any atom is -0.380 e. The van der Waals surface area contributed by atoms with Crippen LogP contribution in [0.5, 0.6) is 0 Å². The second-order valence-corrected chi connectivity index (χ2v) is 7.91. The molecule has 3 saturated heterocycles. The van der Waals surface area contributed by atoms with Gasteiger partial charge in [0.15, 0.2) is 0 Å². The second kappa shape index (κ2) is 4.74. The summed E-state index contributed by atoms with van der Waals surface area (Å²) in [4.78, 5) is 2.45. The van der Waals surface area contributed by atoms with Gasteiger partial charge in [-0.15, -0.1) is 0 Å². The van der Waals surface area contributed by atoms with Gasteiger partial charge in [0.05, 0.1) is 6.61 Å². The molecule has 3 heterocycles. The average Bonchev–Trinajstić information content (AvgIpc) is 2.98. The lowest BCUT2D eigenvalue weighted by Crippen LogP contribution is -2.58. The molecule has 104 valence electrons. The molecule has 3 atom stereocenters. The third-order valence-electron chi connectivity index (χ3n) is 4.52. The van der Waals surface area contributed by atoms with Gasteiger partial charge in [-0.05, 0) is 32.7 Å². The summed E-state index contributed by atoms with van der Waals surface area (Å²) in [5.74, 6) is 0. The molecule has 0 N–H and O–H groups in total. The molecule has 5 nitrogen and oxygen atoms in total. The van der Waals surface area contributed by atoms with E-state index in [4.69, 9.17) is 4.74 Å². The van der Waals surface area contributed by atoms with Crippen molar-refractivity contribution in [2.45, 2.75) is 43.5 Å². The number of sulfonamides is 1. The van der Waals surface area contributed by atoms with Crippen molar-refractivity contribution in [3.8, 4) is 0 Å². The molecule has 0 aromatic heterocycles. The molecular weight excluding hydrogens is 252 g/mol. The van der Waals surface area contributed by atoms with Crippen molar-refractivity contribution in [3.63, 3.8) is 0 Å². The minimum absolute atomic E-state index is 0.102. The van der Waals surface area contributed by atoms with Crippen molar-refractivity contribution in [2.75, 3.05) is 32.8 Å². The van der Waals surface area contributed by atoms with Crippen LogP contribution in [0.3, 0.4) is 0 Å². The van der Waals surface area contributed by atoms with Gasteiger partial charge in [-0.1, -0.05) is 0 Å². The summed E-state index contributed by atoms with van der Waals surface area (Å²) < 4.78 is 32.2. The topological polar surface area (TPSA) is 49.9 Å². The number of hydrogen-bond donors (Lipinski definition) is 0. The zero-order valence-corrected chi connectivity index (χ0v) is 11.7. The fraction of sp³-hybridized carbons (Fsp3) is 1.00. The highest BCUT2D eigenvalue weighted by atomic mass is 32.2. The van der Waals surface area contributed by atoms with E-state index in [1.165, 1.54) is 6.42 Å². The lowest BCUT2D eigenvalue weighted by atomic mass is 10.1. The van der Waals surface area contributed by atoms with Gasteiger partial charge in [0, 0.05) is 31.8 Å². The van der Waals surface area contributed by atoms with Crippen LogP contribution < -0.4 is 0 Å². The van der Waals surface area contributed by atoms with Crippen molar-refractivity contribution < 1.29 is 13.2 Å². The molecule has 0 aromatic carbocycles. The SMILES string of the molecule is C[C@@H]1CN2CCC[C@@H]2CN1S(=O)(=O)[C@H]1CCOC1. The van der Waals surface area contributed by atoms with E-state index >= 15 is 0 Å². The lowest BCUT2D eigenvalue weighted by Gasteiger charge is -2.42. The smallest absolute Gasteiger partial charge is 0.219 e. The van der Waals surface area contributed by atoms with Gasteiger partial charge in [0.25, 0.3) is 0 Å². The highest BCUT2D eigenvalue weighted by Crippen LogP contribution is 2.29. The number of nitrogens with zero attached hydrogens (tertiary/aromatic N) is 2. The van der Waals surface area contributed by atoms with E-state index in [1.807, 2.05) is 6.92 Å². The summed E-state index contributed by atoms with van der Waals surface area (Å²) in [6.45, 7) is 5.69. The predicted octanol–water partition coefficient (Wildman–Crippen LogP) is 0.274. The van der Waals surface area contributed by atoms with E-state index in [0.29, 0.717) is 32.2 Å². The molecule has 3 rings (SSSR count). The van der Waals surface area contributed by atoms with Crippen LogP contribution in [0, 0.1) is 0 Å². The zero-order chi connectivity index (χ0) is 12.8. The Morgan fingerprint density at radius 3 is 2.78 bits per heavy atom. The Kier molecular flexibility index (Phi) is 3.38. The normalized spacial score (nSPS) is 39.1. The van der Waals surface area contributed by atoms with E-state index in [1.54, 1.807) is 4.31 Å². The molecule has 3 aliphatic heterocycles. The maximum atomic E-state index is 12.6. The van der Waals surface area contributed by atoms with E-state index in [0.717, 1.165) is 19.5 Å². The number of fused-ring (bicyclic) bond motifs is 1. The molecule has 0 spiro atoms. The molecule has 18 heavy (non-hydrogen) atoms. The Morgan fingerprint density at radius 2 is 2.06 bits per heavy atom. The molecular formula is C12H22N2O3S. The maximum Gasteiger partial charge on any atom is 0.219 e. The van der Waals surface area contributed by atoms with Crippen LogP contribution in [-0.2, 0) is 14.8 Å². The number of hydrogen-bond acceptors (Lipinski definition) is 4. The molecule has 0 radical (unpaired) electrons. The largest absolute Gasteiger partial charge is 0.380 e. The monoisotopic (exact) mass is 274 g/mol. The number of piperazine rings is 1. The van der Waals surface area contributed by atoms with Crippen LogP contribution in [0.1, 0.15) is 26.2 Å². The molecule has 0 aromatic rings. The summed E-state index contributed by atoms with van der Waals surface area (Å²) in [7, 11) is -3.17. The third-order valence-corrected chi connectivity index (χ3v) is 6.89. The first-order valence-corrected chi connectivity index (χ1v) is 8.42. The van der Waals surface area contributed by atoms with Crippen molar-refractivity contribution in [3.05, 3.63) is 0 Å². The summed E-state index contributed by atoms with van der Waals surface area (Å²) in [5, 5.41) is -0.312. The second-order valence-electron chi connectivity index (χ2n) is 5.74. The first-order chi connectivity index (χ1) is 8.59. The molecule has 0 saturated carbocycles. The number of ether oxygens (including phenoxy) is 1. The van der Waals surface area contributed by atoms with Crippen molar-refractivity contribution >= 4 is 10.0 Å². The van der Waals surface area contributed by atoms with E-state index < -0.39 is 10.0 Å². The Hall–Kier alpha value is -0.170. The van der Waals surface area contributed by atoms with Gasteiger partial charge < -0.3 is 4.74 Å². The Bertz CT molecular complexity index is 406. The molecule has 0 amide bonds. The zero-order valence-electron chi connectivity index (χ0n) is 10.9. The van der Waals surface area contributed by atoms with Crippen LogP contribution in [0.2, 0.25) is 0 Å². The third kappa shape index (κ3) is 2.09. The van der Waals surface area contributed by atoms with Crippen molar-refractivity contribution in [1.82, 2.24) is 9.21 Å². The summed E-state index contributed by atoms with van der Waals surface area (Å²) >= 11 is 0. The van der Waals surface area contributed by atoms with E-state index in [-0.39, 0.29) is 11.3 Å². The minimum atomic E-state index is -3.17. The quantitative estimate of drug-likeness (QED) is 0.725. The van der Waals surface area contributed by atoms with Crippen molar-refractivity contribution in [2.24, 2.45) is 0 Å². The van der Waals surface area contributed by atoms with Crippen LogP contribution >= 0.6 is 0 Å². The fourth-order valence-corrected chi connectivity index (χ4v) is 5.45. The summed E-state index contributed by atoms with van der Waals surface area (Å²) in [6, 6.07) is 0.545. The summed E-state index contributed by atoms with van der Waals surface area (Å²) in [6.07, 6.45) is 3.00. The van der Waals surface area contributed by atoms with Crippen molar-refractivity contribution in [1.29, 1.82) is 0 Å². The highest BCUT2D eigenvalue weighted by molar-refractivity contribution is 7.89. The standard InChI is InChI=1S/C12H22N2O3S/c1-10-7-13-5-2-3-11(13)8-14(10)18(15,16)12-4-6-17-9-12/h10-12H,2-9H2,1H3/t10-,11-,12+/m1/s1. The van der Waals surface area contributed by atoms with Gasteiger partial charge in [0.2, 0.25) is 10.0 Å². The highest BCUT2D eigenvalue weighted by Gasteiger charge is 2.43. The first kappa shape index (κ1) is 12.8. The Balaban J connectivity index is 1.78. The van der Waals surface area contributed by atoms with E-state index in [9.17, 15) is 8.42 Å². The maximum absolute atomic E-state index is 12.6. The van der Waals surface area contributed by atoms with Crippen LogP contribution in [-0.4, -0.2) is 67.8 Å². The first-order valence-electron chi connectivity index (χ1n) is 6.91. The van der Waals surface area contributed by atoms with Gasteiger partial charge in [-0.2, -0.15) is 4.31 Å². The van der Waals surface area contributed by atoms with Gasteiger partial charge >= 0.3 is 0 Å². The summed E-state index contributed by atoms with van der Waals surface area (Å²) in [5.41, 5.74) is 0. The molecule has 6 heteroatoms. The van der Waals surface area contributed by atoms with Crippen LogP contribution in [0.4, 0.5) is 0 Å². The molecule has 3 aliphatic rings.